The molecule has 0 spiro atoms. The number of allylic oxidation sites excluding steroid dienone is 1. The molecule has 1 aliphatic rings. The number of rotatable bonds is 1. The van der Waals surface area contributed by atoms with Gasteiger partial charge in [-0.25, -0.2) is 9.59 Å². The molecule has 0 saturated heterocycles. The van der Waals surface area contributed by atoms with Gasteiger partial charge in [-0.3, -0.25) is 4.90 Å². The molecule has 6 heteroatoms. The van der Waals surface area contributed by atoms with Crippen molar-refractivity contribution in [1.29, 1.82) is 0 Å². The molecule has 1 aliphatic heterocycles. The van der Waals surface area contributed by atoms with E-state index in [9.17, 15) is 14.7 Å². The van der Waals surface area contributed by atoms with Crippen LogP contribution in [0.1, 0.15) is 20.8 Å². The Kier molecular flexibility index (Phi) is 3.45. The summed E-state index contributed by atoms with van der Waals surface area (Å²) in [6.45, 7) is 5.01. The second-order valence-corrected chi connectivity index (χ2v) is 4.58. The maximum atomic E-state index is 11.7. The van der Waals surface area contributed by atoms with Gasteiger partial charge in [0.15, 0.2) is 6.04 Å². The van der Waals surface area contributed by atoms with Crippen LogP contribution in [0.4, 0.5) is 4.79 Å². The van der Waals surface area contributed by atoms with Crippen LogP contribution >= 0.6 is 0 Å². The molecule has 0 aromatic carbocycles. The smallest absolute Gasteiger partial charge is 0.415 e. The quantitative estimate of drug-likeness (QED) is 0.728. The second-order valence-electron chi connectivity index (χ2n) is 4.58. The number of hydrogen-bond donors (Lipinski definition) is 2. The summed E-state index contributed by atoms with van der Waals surface area (Å²) in [5.74, 6) is -1.40. The zero-order valence-corrected chi connectivity index (χ0v) is 9.88. The Morgan fingerprint density at radius 2 is 2.00 bits per heavy atom. The first kappa shape index (κ1) is 13.1. The molecule has 0 aliphatic carbocycles. The number of carbonyl (C=O) groups is 2. The molecule has 0 aromatic rings. The maximum Gasteiger partial charge on any atom is 0.415 e. The monoisotopic (exact) mass is 241 g/mol. The largest absolute Gasteiger partial charge is 0.506 e. The van der Waals surface area contributed by atoms with Crippen molar-refractivity contribution in [3.63, 3.8) is 0 Å². The summed E-state index contributed by atoms with van der Waals surface area (Å²) in [5.41, 5.74) is -0.731. The number of carboxylic acid groups (broad SMARTS) is 1. The highest BCUT2D eigenvalue weighted by Crippen LogP contribution is 2.17. The van der Waals surface area contributed by atoms with Gasteiger partial charge < -0.3 is 14.9 Å². The highest BCUT2D eigenvalue weighted by Gasteiger charge is 2.32. The molecule has 0 radical (unpaired) electrons. The third-order valence-electron chi connectivity index (χ3n) is 1.88. The summed E-state index contributed by atoms with van der Waals surface area (Å²) in [5, 5.41) is 18.2. The first-order chi connectivity index (χ1) is 7.70. The van der Waals surface area contributed by atoms with Crippen LogP contribution in [0.25, 0.3) is 0 Å². The minimum atomic E-state index is -1.20. The maximum absolute atomic E-state index is 11.7. The molecule has 1 heterocycles. The zero-order chi connectivity index (χ0) is 13.2. The molecule has 17 heavy (non-hydrogen) atoms. The van der Waals surface area contributed by atoms with Crippen molar-refractivity contribution in [3.05, 3.63) is 24.1 Å². The Balaban J connectivity index is 2.89. The van der Waals surface area contributed by atoms with Crippen LogP contribution in [0.5, 0.6) is 0 Å². The predicted octanol–water partition coefficient (Wildman–Crippen LogP) is 1.65. The van der Waals surface area contributed by atoms with Crippen molar-refractivity contribution in [1.82, 2.24) is 4.90 Å². The van der Waals surface area contributed by atoms with Crippen molar-refractivity contribution in [3.8, 4) is 0 Å². The number of aliphatic carboxylic acids is 1. The van der Waals surface area contributed by atoms with Crippen molar-refractivity contribution in [2.75, 3.05) is 0 Å². The molecule has 94 valence electrons. The number of ether oxygens (including phenoxy) is 1. The molecular weight excluding hydrogens is 226 g/mol. The van der Waals surface area contributed by atoms with Gasteiger partial charge in [-0.2, -0.15) is 0 Å². The Labute approximate surface area is 98.8 Å². The summed E-state index contributed by atoms with van der Waals surface area (Å²) in [7, 11) is 0. The number of amides is 1. The summed E-state index contributed by atoms with van der Waals surface area (Å²) >= 11 is 0. The number of hydrogen-bond acceptors (Lipinski definition) is 4. The van der Waals surface area contributed by atoms with Gasteiger partial charge in [0, 0.05) is 0 Å². The third-order valence-corrected chi connectivity index (χ3v) is 1.88. The van der Waals surface area contributed by atoms with E-state index in [4.69, 9.17) is 9.84 Å². The lowest BCUT2D eigenvalue weighted by Gasteiger charge is -2.29. The van der Waals surface area contributed by atoms with Gasteiger partial charge in [0.25, 0.3) is 0 Å². The topological polar surface area (TPSA) is 87.1 Å². The van der Waals surface area contributed by atoms with Gasteiger partial charge in [-0.1, -0.05) is 0 Å². The SMILES string of the molecule is CC(C)(C)OC(=O)N1C=C(O)C=C[C@H]1C(=O)O. The van der Waals surface area contributed by atoms with Crippen LogP contribution < -0.4 is 0 Å². The molecular formula is C11H15NO5. The van der Waals surface area contributed by atoms with E-state index in [1.165, 1.54) is 12.2 Å². The minimum absolute atomic E-state index is 0.201. The van der Waals surface area contributed by atoms with E-state index in [0.717, 1.165) is 11.1 Å². The standard InChI is InChI=1S/C11H15NO5/c1-11(2,3)17-10(16)12-6-7(13)4-5-8(12)9(14)15/h4-6,8,13H,1-3H3,(H,14,15)/t8-/m0/s1. The normalized spacial score (nSPS) is 19.8. The van der Waals surface area contributed by atoms with E-state index in [0.29, 0.717) is 0 Å². The summed E-state index contributed by atoms with van der Waals surface area (Å²) in [6.07, 6.45) is 2.65. The van der Waals surface area contributed by atoms with Crippen molar-refractivity contribution in [2.24, 2.45) is 0 Å². The highest BCUT2D eigenvalue weighted by molar-refractivity contribution is 5.83. The molecule has 1 amide bonds. The summed E-state index contributed by atoms with van der Waals surface area (Å²) in [6, 6.07) is -1.17. The van der Waals surface area contributed by atoms with E-state index in [-0.39, 0.29) is 5.76 Å². The van der Waals surface area contributed by atoms with E-state index in [2.05, 4.69) is 0 Å². The molecule has 1 rings (SSSR count). The number of carboxylic acids is 1. The van der Waals surface area contributed by atoms with E-state index >= 15 is 0 Å². The Bertz CT molecular complexity index is 391. The molecule has 0 aromatic heterocycles. The molecule has 0 fully saturated rings. The lowest BCUT2D eigenvalue weighted by Crippen LogP contribution is -2.44. The van der Waals surface area contributed by atoms with E-state index in [1.54, 1.807) is 20.8 Å². The molecule has 2 N–H and O–H groups in total. The van der Waals surface area contributed by atoms with Crippen LogP contribution in [0.15, 0.2) is 24.1 Å². The van der Waals surface area contributed by atoms with Crippen LogP contribution in [0.2, 0.25) is 0 Å². The van der Waals surface area contributed by atoms with Crippen LogP contribution in [-0.2, 0) is 9.53 Å². The summed E-state index contributed by atoms with van der Waals surface area (Å²) < 4.78 is 5.04. The fraction of sp³-hybridized carbons (Fsp3) is 0.455. The number of aliphatic hydroxyl groups is 1. The van der Waals surface area contributed by atoms with Gasteiger partial charge in [0.1, 0.15) is 11.4 Å². The van der Waals surface area contributed by atoms with Crippen LogP contribution in [0, 0.1) is 0 Å². The zero-order valence-electron chi connectivity index (χ0n) is 9.88. The molecule has 0 saturated carbocycles. The number of aliphatic hydroxyl groups excluding tert-OH is 1. The van der Waals surface area contributed by atoms with Gasteiger partial charge in [0.2, 0.25) is 0 Å². The average molecular weight is 241 g/mol. The van der Waals surface area contributed by atoms with Gasteiger partial charge >= 0.3 is 12.1 Å². The number of nitrogens with zero attached hydrogens (tertiary/aromatic N) is 1. The Morgan fingerprint density at radius 3 is 2.47 bits per heavy atom. The van der Waals surface area contributed by atoms with E-state index < -0.39 is 23.7 Å². The average Bonchev–Trinajstić information content (AvgIpc) is 2.14. The van der Waals surface area contributed by atoms with Crippen molar-refractivity contribution in [2.45, 2.75) is 32.4 Å². The fourth-order valence-corrected chi connectivity index (χ4v) is 1.23. The van der Waals surface area contributed by atoms with Gasteiger partial charge in [-0.15, -0.1) is 0 Å². The molecule has 1 atom stereocenters. The first-order valence-corrected chi connectivity index (χ1v) is 5.04. The fourth-order valence-electron chi connectivity index (χ4n) is 1.23. The van der Waals surface area contributed by atoms with Gasteiger partial charge in [-0.05, 0) is 32.9 Å². The second kappa shape index (κ2) is 4.48. The lowest BCUT2D eigenvalue weighted by atomic mass is 10.2. The van der Waals surface area contributed by atoms with Crippen LogP contribution in [0.3, 0.4) is 0 Å². The Hall–Kier alpha value is -1.98. The first-order valence-electron chi connectivity index (χ1n) is 5.04. The molecule has 6 nitrogen and oxygen atoms in total. The highest BCUT2D eigenvalue weighted by atomic mass is 16.6. The lowest BCUT2D eigenvalue weighted by molar-refractivity contribution is -0.140. The number of carbonyl (C=O) groups excluding carboxylic acids is 1. The predicted molar refractivity (Wildman–Crippen MR) is 59.3 cm³/mol. The van der Waals surface area contributed by atoms with Crippen LogP contribution in [-0.4, -0.2) is 38.8 Å². The van der Waals surface area contributed by atoms with E-state index in [1.807, 2.05) is 0 Å². The van der Waals surface area contributed by atoms with Crippen molar-refractivity contribution >= 4 is 12.1 Å². The van der Waals surface area contributed by atoms with Gasteiger partial charge in [0.05, 0.1) is 6.20 Å². The summed E-state index contributed by atoms with van der Waals surface area (Å²) in [4.78, 5) is 23.5. The Morgan fingerprint density at radius 1 is 1.41 bits per heavy atom. The van der Waals surface area contributed by atoms with Crippen molar-refractivity contribution < 1.29 is 24.5 Å². The molecule has 0 unspecified atom stereocenters. The molecule has 0 bridgehead atoms. The minimum Gasteiger partial charge on any atom is -0.506 e. The third kappa shape index (κ3) is 3.51.